The molecule has 0 heterocycles. The predicted molar refractivity (Wildman–Crippen MR) is 134 cm³/mol. The highest BCUT2D eigenvalue weighted by Crippen LogP contribution is 2.56. The van der Waals surface area contributed by atoms with Crippen LogP contribution in [0.2, 0.25) is 5.02 Å². The Balaban J connectivity index is 1.62. The number of ketones is 1. The zero-order chi connectivity index (χ0) is 28.4. The molecule has 0 aliphatic rings. The number of ether oxygens (including phenoxy) is 2. The minimum Gasteiger partial charge on any atom is -0.497 e. The molecule has 0 unspecified atom stereocenters. The van der Waals surface area contributed by atoms with E-state index >= 15 is 0 Å². The summed E-state index contributed by atoms with van der Waals surface area (Å²) >= 11 is 5.84. The standard InChI is InChI=1S/C29H19ClF6O3/c1-38-23-14-6-20(7-15-23)27(28(31,32)33,29(34,35)36)21-8-16-25(17-9-21)39-24-12-4-19(5-13-24)26(37)18-2-10-22(30)11-3-18/h2-17H,1H3. The summed E-state index contributed by atoms with van der Waals surface area (Å²) in [6.45, 7) is 0. The number of halogens is 7. The van der Waals surface area contributed by atoms with Crippen LogP contribution in [0.1, 0.15) is 27.0 Å². The van der Waals surface area contributed by atoms with Gasteiger partial charge in [-0.05, 0) is 83.9 Å². The predicted octanol–water partition coefficient (Wildman–Crippen LogP) is 8.78. The van der Waals surface area contributed by atoms with Gasteiger partial charge in [0.05, 0.1) is 7.11 Å². The summed E-state index contributed by atoms with van der Waals surface area (Å²) in [7, 11) is 1.25. The summed E-state index contributed by atoms with van der Waals surface area (Å²) in [5.41, 5.74) is -5.55. The van der Waals surface area contributed by atoms with Crippen molar-refractivity contribution in [3.05, 3.63) is 124 Å². The van der Waals surface area contributed by atoms with E-state index in [0.717, 1.165) is 48.5 Å². The largest absolute Gasteiger partial charge is 0.497 e. The molecule has 4 aromatic rings. The van der Waals surface area contributed by atoms with E-state index in [-0.39, 0.29) is 23.0 Å². The van der Waals surface area contributed by atoms with Crippen LogP contribution in [0.4, 0.5) is 26.3 Å². The van der Waals surface area contributed by atoms with Crippen LogP contribution in [-0.4, -0.2) is 25.2 Å². The molecule has 3 nitrogen and oxygen atoms in total. The van der Waals surface area contributed by atoms with Gasteiger partial charge in [0.2, 0.25) is 5.41 Å². The first-order valence-corrected chi connectivity index (χ1v) is 11.7. The Labute approximate surface area is 224 Å². The van der Waals surface area contributed by atoms with Crippen LogP contribution < -0.4 is 9.47 Å². The lowest BCUT2D eigenvalue weighted by Gasteiger charge is -2.38. The van der Waals surface area contributed by atoms with Gasteiger partial charge in [0, 0.05) is 16.1 Å². The number of carbonyl (C=O) groups is 1. The molecule has 0 aliphatic carbocycles. The lowest BCUT2D eigenvalue weighted by molar-refractivity contribution is -0.288. The first-order valence-electron chi connectivity index (χ1n) is 11.3. The van der Waals surface area contributed by atoms with Gasteiger partial charge < -0.3 is 9.47 Å². The van der Waals surface area contributed by atoms with Crippen molar-refractivity contribution in [2.75, 3.05) is 7.11 Å². The fraction of sp³-hybridized carbons (Fsp3) is 0.138. The van der Waals surface area contributed by atoms with Gasteiger partial charge >= 0.3 is 12.4 Å². The number of alkyl halides is 6. The lowest BCUT2D eigenvalue weighted by Crippen LogP contribution is -2.54. The van der Waals surface area contributed by atoms with Crippen molar-refractivity contribution in [2.45, 2.75) is 17.8 Å². The van der Waals surface area contributed by atoms with E-state index in [0.29, 0.717) is 16.1 Å². The smallest absolute Gasteiger partial charge is 0.411 e. The molecule has 10 heteroatoms. The minimum absolute atomic E-state index is 0.00325. The van der Waals surface area contributed by atoms with Crippen molar-refractivity contribution in [3.63, 3.8) is 0 Å². The van der Waals surface area contributed by atoms with Gasteiger partial charge in [-0.1, -0.05) is 35.9 Å². The molecule has 0 amide bonds. The van der Waals surface area contributed by atoms with E-state index in [2.05, 4.69) is 0 Å². The van der Waals surface area contributed by atoms with E-state index in [9.17, 15) is 31.1 Å². The highest BCUT2D eigenvalue weighted by atomic mass is 35.5. The van der Waals surface area contributed by atoms with Gasteiger partial charge in [-0.3, -0.25) is 4.79 Å². The summed E-state index contributed by atoms with van der Waals surface area (Å²) in [6.07, 6.45) is -11.4. The van der Waals surface area contributed by atoms with Crippen LogP contribution in [0.25, 0.3) is 0 Å². The number of hydrogen-bond acceptors (Lipinski definition) is 3. The van der Waals surface area contributed by atoms with Crippen LogP contribution in [-0.2, 0) is 5.41 Å². The average Bonchev–Trinajstić information content (AvgIpc) is 2.89. The zero-order valence-electron chi connectivity index (χ0n) is 20.1. The SMILES string of the molecule is COc1ccc(C(c2ccc(Oc3ccc(C(=O)c4ccc(Cl)cc4)cc3)cc2)(C(F)(F)F)C(F)(F)F)cc1. The molecule has 0 aromatic heterocycles. The van der Waals surface area contributed by atoms with E-state index in [1.165, 1.54) is 31.4 Å². The first kappa shape index (κ1) is 28.0. The summed E-state index contributed by atoms with van der Waals surface area (Å²) in [4.78, 5) is 12.6. The maximum Gasteiger partial charge on any atom is 0.411 e. The molecule has 202 valence electrons. The third kappa shape index (κ3) is 5.45. The molecule has 0 saturated carbocycles. The Morgan fingerprint density at radius 2 is 0.949 bits per heavy atom. The zero-order valence-corrected chi connectivity index (χ0v) is 20.9. The van der Waals surface area contributed by atoms with Crippen molar-refractivity contribution in [2.24, 2.45) is 0 Å². The second-order valence-electron chi connectivity index (χ2n) is 8.46. The summed E-state index contributed by atoms with van der Waals surface area (Å²) in [6, 6.07) is 19.3. The number of hydrogen-bond donors (Lipinski definition) is 0. The molecule has 0 spiro atoms. The van der Waals surface area contributed by atoms with Gasteiger partial charge in [-0.2, -0.15) is 26.3 Å². The molecule has 0 bridgehead atoms. The van der Waals surface area contributed by atoms with E-state index in [1.54, 1.807) is 24.3 Å². The van der Waals surface area contributed by atoms with Crippen molar-refractivity contribution in [1.29, 1.82) is 0 Å². The van der Waals surface area contributed by atoms with Gasteiger partial charge in [-0.25, -0.2) is 0 Å². The number of benzene rings is 4. The van der Waals surface area contributed by atoms with Crippen LogP contribution in [0.5, 0.6) is 17.2 Å². The fourth-order valence-electron chi connectivity index (χ4n) is 4.17. The van der Waals surface area contributed by atoms with Gasteiger partial charge in [0.15, 0.2) is 5.78 Å². The van der Waals surface area contributed by atoms with Gasteiger partial charge in [0.25, 0.3) is 0 Å². The van der Waals surface area contributed by atoms with Crippen LogP contribution in [0.3, 0.4) is 0 Å². The second-order valence-corrected chi connectivity index (χ2v) is 8.90. The Bertz CT molecular complexity index is 1410. The van der Waals surface area contributed by atoms with E-state index in [1.807, 2.05) is 0 Å². The minimum atomic E-state index is -5.71. The normalized spacial score (nSPS) is 12.2. The molecular formula is C29H19ClF6O3. The molecule has 0 fully saturated rings. The molecule has 0 atom stereocenters. The fourth-order valence-corrected chi connectivity index (χ4v) is 4.30. The highest BCUT2D eigenvalue weighted by molar-refractivity contribution is 6.30. The maximum atomic E-state index is 14.3. The third-order valence-electron chi connectivity index (χ3n) is 6.12. The average molecular weight is 565 g/mol. The highest BCUT2D eigenvalue weighted by Gasteiger charge is 2.72. The van der Waals surface area contributed by atoms with Crippen LogP contribution >= 0.6 is 11.6 Å². The molecular weight excluding hydrogens is 546 g/mol. The van der Waals surface area contributed by atoms with E-state index in [4.69, 9.17) is 21.1 Å². The molecule has 0 N–H and O–H groups in total. The summed E-state index contributed by atoms with van der Waals surface area (Å²) in [5.74, 6) is 0.0744. The Hall–Kier alpha value is -3.98. The van der Waals surface area contributed by atoms with Gasteiger partial charge in [-0.15, -0.1) is 0 Å². The molecule has 0 radical (unpaired) electrons. The second kappa shape index (κ2) is 10.6. The molecule has 4 aromatic carbocycles. The molecule has 0 saturated heterocycles. The van der Waals surface area contributed by atoms with Crippen molar-refractivity contribution >= 4 is 17.4 Å². The van der Waals surface area contributed by atoms with Crippen molar-refractivity contribution in [1.82, 2.24) is 0 Å². The first-order chi connectivity index (χ1) is 18.4. The van der Waals surface area contributed by atoms with Crippen LogP contribution in [0.15, 0.2) is 97.1 Å². The topological polar surface area (TPSA) is 35.5 Å². The third-order valence-corrected chi connectivity index (χ3v) is 6.37. The number of carbonyl (C=O) groups excluding carboxylic acids is 1. The molecule has 0 aliphatic heterocycles. The Morgan fingerprint density at radius 3 is 1.33 bits per heavy atom. The van der Waals surface area contributed by atoms with E-state index < -0.39 is 28.9 Å². The Morgan fingerprint density at radius 1 is 0.590 bits per heavy atom. The monoisotopic (exact) mass is 564 g/mol. The summed E-state index contributed by atoms with van der Waals surface area (Å²) < 4.78 is 96.3. The number of methoxy groups -OCH3 is 1. The molecule has 39 heavy (non-hydrogen) atoms. The number of rotatable bonds is 7. The maximum absolute atomic E-state index is 14.3. The molecule has 4 rings (SSSR count). The lowest BCUT2D eigenvalue weighted by atomic mass is 9.73. The van der Waals surface area contributed by atoms with Gasteiger partial charge in [0.1, 0.15) is 17.2 Å². The van der Waals surface area contributed by atoms with Crippen molar-refractivity contribution in [3.8, 4) is 17.2 Å². The quantitative estimate of drug-likeness (QED) is 0.166. The van der Waals surface area contributed by atoms with Crippen LogP contribution in [0, 0.1) is 0 Å². The Kier molecular flexibility index (Phi) is 7.66. The van der Waals surface area contributed by atoms with Crippen molar-refractivity contribution < 1.29 is 40.6 Å². The summed E-state index contributed by atoms with van der Waals surface area (Å²) in [5, 5.41) is 0.480.